The van der Waals surface area contributed by atoms with Crippen LogP contribution in [0.1, 0.15) is 23.7 Å². The second-order valence-electron chi connectivity index (χ2n) is 4.75. The second-order valence-corrected chi connectivity index (χ2v) is 5.66. The van der Waals surface area contributed by atoms with Gasteiger partial charge in [0.15, 0.2) is 0 Å². The smallest absolute Gasteiger partial charge is 0.256 e. The number of carbonyl (C=O) groups is 1. The predicted molar refractivity (Wildman–Crippen MR) is 74.2 cm³/mol. The molecule has 1 aliphatic heterocycles. The van der Waals surface area contributed by atoms with Gasteiger partial charge in [-0.05, 0) is 30.5 Å². The lowest BCUT2D eigenvalue weighted by Crippen LogP contribution is -2.40. The van der Waals surface area contributed by atoms with Crippen molar-refractivity contribution in [3.8, 4) is 0 Å². The summed E-state index contributed by atoms with van der Waals surface area (Å²) >= 11 is 3.34. The number of nitrogen functional groups attached to an aromatic ring is 1. The van der Waals surface area contributed by atoms with Crippen molar-refractivity contribution in [3.05, 3.63) is 28.2 Å². The maximum atomic E-state index is 12.4. The number of rotatable bonds is 2. The zero-order valence-electron chi connectivity index (χ0n) is 10.3. The average Bonchev–Trinajstić information content (AvgIpc) is 2.72. The van der Waals surface area contributed by atoms with Gasteiger partial charge in [-0.2, -0.15) is 0 Å². The van der Waals surface area contributed by atoms with Gasteiger partial charge in [0.05, 0.1) is 18.2 Å². The van der Waals surface area contributed by atoms with Crippen LogP contribution < -0.4 is 5.73 Å². The third-order valence-corrected chi connectivity index (χ3v) is 4.07. The average molecular weight is 313 g/mol. The third-order valence-electron chi connectivity index (χ3n) is 3.58. The molecule has 3 N–H and O–H groups in total. The van der Waals surface area contributed by atoms with Crippen LogP contribution in [0, 0.1) is 5.92 Å². The van der Waals surface area contributed by atoms with Crippen LogP contribution in [0.15, 0.2) is 22.7 Å². The number of hydrogen-bond donors (Lipinski definition) is 2. The van der Waals surface area contributed by atoms with Crippen molar-refractivity contribution < 1.29 is 9.90 Å². The van der Waals surface area contributed by atoms with Gasteiger partial charge in [0.1, 0.15) is 0 Å². The summed E-state index contributed by atoms with van der Waals surface area (Å²) in [6, 6.07) is 5.15. The van der Waals surface area contributed by atoms with Gasteiger partial charge in [-0.3, -0.25) is 4.79 Å². The summed E-state index contributed by atoms with van der Waals surface area (Å²) in [5.74, 6) is 0.226. The van der Waals surface area contributed by atoms with Gasteiger partial charge < -0.3 is 15.7 Å². The minimum Gasteiger partial charge on any atom is -0.398 e. The molecular weight excluding hydrogens is 296 g/mol. The number of aliphatic hydroxyl groups excluding tert-OH is 1. The van der Waals surface area contributed by atoms with Crippen molar-refractivity contribution in [1.82, 2.24) is 4.90 Å². The topological polar surface area (TPSA) is 66.6 Å². The van der Waals surface area contributed by atoms with E-state index in [0.717, 1.165) is 10.9 Å². The number of benzene rings is 1. The minimum absolute atomic E-state index is 0.000808. The highest BCUT2D eigenvalue weighted by atomic mass is 79.9. The van der Waals surface area contributed by atoms with Gasteiger partial charge in [0.2, 0.25) is 0 Å². The van der Waals surface area contributed by atoms with Crippen molar-refractivity contribution >= 4 is 27.5 Å². The van der Waals surface area contributed by atoms with Gasteiger partial charge in [-0.15, -0.1) is 0 Å². The van der Waals surface area contributed by atoms with Crippen LogP contribution in [-0.4, -0.2) is 35.1 Å². The predicted octanol–water partition coefficient (Wildman–Crippen LogP) is 1.87. The summed E-state index contributed by atoms with van der Waals surface area (Å²) in [5, 5.41) is 9.39. The summed E-state index contributed by atoms with van der Waals surface area (Å²) in [6.07, 6.45) is 0.922. The first-order valence-electron chi connectivity index (χ1n) is 6.01. The van der Waals surface area contributed by atoms with Crippen LogP contribution in [0.2, 0.25) is 0 Å². The standard InChI is InChI=1S/C13H17BrN2O2/c1-8-4-5-16(12(8)7-17)13(18)10-6-9(14)2-3-11(10)15/h2-3,6,8,12,17H,4-5,7,15H2,1H3. The number of halogens is 1. The van der Waals surface area contributed by atoms with Crippen molar-refractivity contribution in [1.29, 1.82) is 0 Å². The van der Waals surface area contributed by atoms with E-state index in [1.807, 2.05) is 6.07 Å². The van der Waals surface area contributed by atoms with E-state index in [2.05, 4.69) is 22.9 Å². The summed E-state index contributed by atoms with van der Waals surface area (Å²) in [5.41, 5.74) is 6.82. The molecule has 2 rings (SSSR count). The Morgan fingerprint density at radius 3 is 3.00 bits per heavy atom. The van der Waals surface area contributed by atoms with Crippen LogP contribution >= 0.6 is 15.9 Å². The highest BCUT2D eigenvalue weighted by Gasteiger charge is 2.34. The fraction of sp³-hybridized carbons (Fsp3) is 0.462. The van der Waals surface area contributed by atoms with Gasteiger partial charge in [0.25, 0.3) is 5.91 Å². The summed E-state index contributed by atoms with van der Waals surface area (Å²) in [7, 11) is 0. The van der Waals surface area contributed by atoms with Gasteiger partial charge in [-0.25, -0.2) is 0 Å². The molecule has 2 atom stereocenters. The van der Waals surface area contributed by atoms with E-state index in [1.165, 1.54) is 0 Å². The number of nitrogens with zero attached hydrogens (tertiary/aromatic N) is 1. The first-order chi connectivity index (χ1) is 8.54. The number of carbonyl (C=O) groups excluding carboxylic acids is 1. The molecule has 18 heavy (non-hydrogen) atoms. The fourth-order valence-corrected chi connectivity index (χ4v) is 2.77. The maximum absolute atomic E-state index is 12.4. The molecule has 0 radical (unpaired) electrons. The first kappa shape index (κ1) is 13.4. The second kappa shape index (κ2) is 5.28. The van der Waals surface area contributed by atoms with E-state index in [1.54, 1.807) is 17.0 Å². The molecule has 98 valence electrons. The van der Waals surface area contributed by atoms with Gasteiger partial charge in [0, 0.05) is 16.7 Å². The lowest BCUT2D eigenvalue weighted by molar-refractivity contribution is 0.0649. The number of likely N-dealkylation sites (tertiary alicyclic amines) is 1. The number of hydrogen-bond acceptors (Lipinski definition) is 3. The summed E-state index contributed by atoms with van der Waals surface area (Å²) in [4.78, 5) is 14.2. The van der Waals surface area contributed by atoms with Crippen molar-refractivity contribution in [2.45, 2.75) is 19.4 Å². The molecule has 1 fully saturated rings. The normalized spacial score (nSPS) is 23.4. The Kier molecular flexibility index (Phi) is 3.92. The van der Waals surface area contributed by atoms with Crippen LogP contribution in [0.3, 0.4) is 0 Å². The largest absolute Gasteiger partial charge is 0.398 e. The van der Waals surface area contributed by atoms with Crippen LogP contribution in [0.4, 0.5) is 5.69 Å². The zero-order chi connectivity index (χ0) is 13.3. The number of anilines is 1. The molecule has 1 aromatic rings. The number of aliphatic hydroxyl groups is 1. The molecule has 4 nitrogen and oxygen atoms in total. The molecule has 0 saturated carbocycles. The van der Waals surface area contributed by atoms with Crippen LogP contribution in [0.25, 0.3) is 0 Å². The Hall–Kier alpha value is -1.07. The number of nitrogens with two attached hydrogens (primary N) is 1. The summed E-state index contributed by atoms with van der Waals surface area (Å²) in [6.45, 7) is 2.73. The SMILES string of the molecule is CC1CCN(C(=O)c2cc(Br)ccc2N)C1CO. The lowest BCUT2D eigenvalue weighted by Gasteiger charge is -2.25. The number of amides is 1. The molecule has 0 aliphatic carbocycles. The van der Waals surface area contributed by atoms with Gasteiger partial charge in [-0.1, -0.05) is 22.9 Å². The Morgan fingerprint density at radius 1 is 1.61 bits per heavy atom. The van der Waals surface area contributed by atoms with Crippen LogP contribution in [-0.2, 0) is 0 Å². The molecule has 5 heteroatoms. The third kappa shape index (κ3) is 2.37. The van der Waals surface area contributed by atoms with Gasteiger partial charge >= 0.3 is 0 Å². The van der Waals surface area contributed by atoms with E-state index < -0.39 is 0 Å². The molecule has 0 spiro atoms. The Balaban J connectivity index is 2.28. The van der Waals surface area contributed by atoms with Crippen molar-refractivity contribution in [2.24, 2.45) is 5.92 Å². The highest BCUT2D eigenvalue weighted by molar-refractivity contribution is 9.10. The van der Waals surface area contributed by atoms with E-state index in [9.17, 15) is 9.90 Å². The Morgan fingerprint density at radius 2 is 2.33 bits per heavy atom. The fourth-order valence-electron chi connectivity index (χ4n) is 2.41. The molecule has 1 aromatic carbocycles. The summed E-state index contributed by atoms with van der Waals surface area (Å²) < 4.78 is 0.827. The molecule has 1 amide bonds. The maximum Gasteiger partial charge on any atom is 0.256 e. The lowest BCUT2D eigenvalue weighted by atomic mass is 10.0. The minimum atomic E-state index is -0.101. The molecule has 0 aromatic heterocycles. The van der Waals surface area contributed by atoms with E-state index >= 15 is 0 Å². The monoisotopic (exact) mass is 312 g/mol. The molecule has 0 bridgehead atoms. The van der Waals surface area contributed by atoms with Crippen molar-refractivity contribution in [2.75, 3.05) is 18.9 Å². The highest BCUT2D eigenvalue weighted by Crippen LogP contribution is 2.27. The van der Waals surface area contributed by atoms with Crippen molar-refractivity contribution in [3.63, 3.8) is 0 Å². The van der Waals surface area contributed by atoms with E-state index in [4.69, 9.17) is 5.73 Å². The molecule has 1 saturated heterocycles. The molecule has 2 unspecified atom stereocenters. The first-order valence-corrected chi connectivity index (χ1v) is 6.80. The Labute approximate surface area is 115 Å². The van der Waals surface area contributed by atoms with E-state index in [0.29, 0.717) is 23.7 Å². The van der Waals surface area contributed by atoms with Crippen LogP contribution in [0.5, 0.6) is 0 Å². The Bertz CT molecular complexity index is 464. The molecular formula is C13H17BrN2O2. The molecule has 1 aliphatic rings. The molecule has 1 heterocycles. The quantitative estimate of drug-likeness (QED) is 0.819. The zero-order valence-corrected chi connectivity index (χ0v) is 11.9. The van der Waals surface area contributed by atoms with E-state index in [-0.39, 0.29) is 18.6 Å².